The molecule has 0 saturated carbocycles. The minimum Gasteiger partial charge on any atom is -0.378 e. The molecule has 2 aromatic carbocycles. The molecule has 0 spiro atoms. The third-order valence-electron chi connectivity index (χ3n) is 3.38. The van der Waals surface area contributed by atoms with E-state index in [4.69, 9.17) is 16.9 Å². The molecule has 0 heterocycles. The fraction of sp³-hybridized carbons (Fsp3) is 0.235. The molecule has 2 aromatic rings. The van der Waals surface area contributed by atoms with Crippen LogP contribution in [0.15, 0.2) is 42.5 Å². The first kappa shape index (κ1) is 15.2. The lowest BCUT2D eigenvalue weighted by atomic mass is 10.1. The summed E-state index contributed by atoms with van der Waals surface area (Å²) in [6.45, 7) is 2.06. The van der Waals surface area contributed by atoms with Crippen molar-refractivity contribution in [2.24, 2.45) is 0 Å². The lowest BCUT2D eigenvalue weighted by Crippen LogP contribution is -2.10. The topological polar surface area (TPSA) is 39.1 Å². The Morgan fingerprint density at radius 3 is 2.38 bits per heavy atom. The standard InChI is InChI=1S/C17H18ClN3/c1-12(13-5-8-16(9-6-13)21(2)3)20-17-10-15(18)7-4-14(17)11-19/h4-10,12,20H,1-3H3. The summed E-state index contributed by atoms with van der Waals surface area (Å²) < 4.78 is 0. The van der Waals surface area contributed by atoms with Gasteiger partial charge in [0, 0.05) is 30.8 Å². The zero-order chi connectivity index (χ0) is 15.4. The zero-order valence-corrected chi connectivity index (χ0v) is 13.1. The van der Waals surface area contributed by atoms with Crippen molar-refractivity contribution < 1.29 is 0 Å². The molecule has 2 rings (SSSR count). The van der Waals surface area contributed by atoms with E-state index in [0.717, 1.165) is 16.9 Å². The largest absolute Gasteiger partial charge is 0.378 e. The number of nitrogens with zero attached hydrogens (tertiary/aromatic N) is 2. The van der Waals surface area contributed by atoms with E-state index in [9.17, 15) is 0 Å². The summed E-state index contributed by atoms with van der Waals surface area (Å²) in [4.78, 5) is 2.06. The van der Waals surface area contributed by atoms with Crippen molar-refractivity contribution >= 4 is 23.0 Å². The number of nitriles is 1. The molecular weight excluding hydrogens is 282 g/mol. The SMILES string of the molecule is CC(Nc1cc(Cl)ccc1C#N)c1ccc(N(C)C)cc1. The quantitative estimate of drug-likeness (QED) is 0.906. The average Bonchev–Trinajstić information content (AvgIpc) is 2.47. The molecular formula is C17H18ClN3. The third-order valence-corrected chi connectivity index (χ3v) is 3.62. The second-order valence-electron chi connectivity index (χ2n) is 5.15. The normalized spacial score (nSPS) is 11.6. The average molecular weight is 300 g/mol. The van der Waals surface area contributed by atoms with E-state index in [1.165, 1.54) is 0 Å². The molecule has 0 fully saturated rings. The second kappa shape index (κ2) is 6.51. The van der Waals surface area contributed by atoms with E-state index < -0.39 is 0 Å². The number of anilines is 2. The van der Waals surface area contributed by atoms with Crippen LogP contribution in [0.1, 0.15) is 24.1 Å². The number of benzene rings is 2. The van der Waals surface area contributed by atoms with Gasteiger partial charge in [-0.25, -0.2) is 0 Å². The van der Waals surface area contributed by atoms with Gasteiger partial charge in [-0.2, -0.15) is 5.26 Å². The highest BCUT2D eigenvalue weighted by Crippen LogP contribution is 2.26. The van der Waals surface area contributed by atoms with Gasteiger partial charge in [0.15, 0.2) is 0 Å². The lowest BCUT2D eigenvalue weighted by Gasteiger charge is -2.18. The predicted molar refractivity (Wildman–Crippen MR) is 89.0 cm³/mol. The van der Waals surface area contributed by atoms with Crippen LogP contribution in [0, 0.1) is 11.3 Å². The Hall–Kier alpha value is -2.18. The Labute approximate surface area is 130 Å². The highest BCUT2D eigenvalue weighted by atomic mass is 35.5. The van der Waals surface area contributed by atoms with Crippen LogP contribution in [-0.4, -0.2) is 14.1 Å². The smallest absolute Gasteiger partial charge is 0.101 e. The number of halogens is 1. The van der Waals surface area contributed by atoms with Crippen molar-refractivity contribution in [3.63, 3.8) is 0 Å². The minimum absolute atomic E-state index is 0.0896. The Bertz CT molecular complexity index is 657. The van der Waals surface area contributed by atoms with Crippen LogP contribution in [0.2, 0.25) is 5.02 Å². The predicted octanol–water partition coefficient (Wildman–Crippen LogP) is 4.45. The van der Waals surface area contributed by atoms with Gasteiger partial charge in [0.2, 0.25) is 0 Å². The molecule has 108 valence electrons. The van der Waals surface area contributed by atoms with Crippen molar-refractivity contribution in [1.82, 2.24) is 0 Å². The molecule has 3 nitrogen and oxygen atoms in total. The Morgan fingerprint density at radius 2 is 1.81 bits per heavy atom. The molecule has 0 aliphatic heterocycles. The summed E-state index contributed by atoms with van der Waals surface area (Å²) >= 11 is 6.00. The van der Waals surface area contributed by atoms with Gasteiger partial charge in [0.1, 0.15) is 6.07 Å². The molecule has 0 bridgehead atoms. The van der Waals surface area contributed by atoms with Crippen LogP contribution < -0.4 is 10.2 Å². The van der Waals surface area contributed by atoms with Crippen molar-refractivity contribution in [3.8, 4) is 6.07 Å². The minimum atomic E-state index is 0.0896. The number of nitrogens with one attached hydrogen (secondary N) is 1. The molecule has 0 aliphatic rings. The third kappa shape index (κ3) is 3.68. The fourth-order valence-corrected chi connectivity index (χ4v) is 2.28. The summed E-state index contributed by atoms with van der Waals surface area (Å²) in [5.74, 6) is 0. The van der Waals surface area contributed by atoms with Gasteiger partial charge in [-0.05, 0) is 42.8 Å². The van der Waals surface area contributed by atoms with Crippen LogP contribution in [0.5, 0.6) is 0 Å². The van der Waals surface area contributed by atoms with E-state index in [-0.39, 0.29) is 6.04 Å². The summed E-state index contributed by atoms with van der Waals surface area (Å²) in [6.07, 6.45) is 0. The highest BCUT2D eigenvalue weighted by Gasteiger charge is 2.09. The molecule has 4 heteroatoms. The first-order valence-electron chi connectivity index (χ1n) is 6.74. The summed E-state index contributed by atoms with van der Waals surface area (Å²) in [7, 11) is 4.03. The monoisotopic (exact) mass is 299 g/mol. The maximum Gasteiger partial charge on any atom is 0.101 e. The molecule has 0 saturated heterocycles. The Morgan fingerprint density at radius 1 is 1.14 bits per heavy atom. The number of hydrogen-bond acceptors (Lipinski definition) is 3. The summed E-state index contributed by atoms with van der Waals surface area (Å²) in [5.41, 5.74) is 3.67. The Balaban J connectivity index is 2.20. The van der Waals surface area contributed by atoms with Crippen molar-refractivity contribution in [2.45, 2.75) is 13.0 Å². The first-order chi connectivity index (χ1) is 10.0. The fourth-order valence-electron chi connectivity index (χ4n) is 2.11. The van der Waals surface area contributed by atoms with Crippen LogP contribution >= 0.6 is 11.6 Å². The second-order valence-corrected chi connectivity index (χ2v) is 5.59. The zero-order valence-electron chi connectivity index (χ0n) is 12.4. The summed E-state index contributed by atoms with van der Waals surface area (Å²) in [6, 6.07) is 15.8. The van der Waals surface area contributed by atoms with Gasteiger partial charge in [0.05, 0.1) is 11.3 Å². The van der Waals surface area contributed by atoms with Gasteiger partial charge in [-0.1, -0.05) is 23.7 Å². The van der Waals surface area contributed by atoms with E-state index in [0.29, 0.717) is 10.6 Å². The van der Waals surface area contributed by atoms with Crippen LogP contribution in [-0.2, 0) is 0 Å². The van der Waals surface area contributed by atoms with E-state index in [1.54, 1.807) is 18.2 Å². The molecule has 1 unspecified atom stereocenters. The van der Waals surface area contributed by atoms with Crippen LogP contribution in [0.4, 0.5) is 11.4 Å². The van der Waals surface area contributed by atoms with E-state index in [1.807, 2.05) is 14.1 Å². The maximum absolute atomic E-state index is 9.15. The maximum atomic E-state index is 9.15. The molecule has 0 radical (unpaired) electrons. The molecule has 0 aliphatic carbocycles. The molecule has 0 amide bonds. The Kier molecular flexibility index (Phi) is 4.72. The van der Waals surface area contributed by atoms with E-state index >= 15 is 0 Å². The van der Waals surface area contributed by atoms with Crippen molar-refractivity contribution in [2.75, 3.05) is 24.3 Å². The van der Waals surface area contributed by atoms with Gasteiger partial charge < -0.3 is 10.2 Å². The number of hydrogen-bond donors (Lipinski definition) is 1. The molecule has 21 heavy (non-hydrogen) atoms. The van der Waals surface area contributed by atoms with Crippen molar-refractivity contribution in [1.29, 1.82) is 5.26 Å². The lowest BCUT2D eigenvalue weighted by molar-refractivity contribution is 0.883. The summed E-state index contributed by atoms with van der Waals surface area (Å²) in [5, 5.41) is 13.1. The molecule has 1 N–H and O–H groups in total. The first-order valence-corrected chi connectivity index (χ1v) is 7.12. The van der Waals surface area contributed by atoms with Crippen molar-refractivity contribution in [3.05, 3.63) is 58.6 Å². The van der Waals surface area contributed by atoms with Gasteiger partial charge in [-0.3, -0.25) is 0 Å². The van der Waals surface area contributed by atoms with Crippen LogP contribution in [0.3, 0.4) is 0 Å². The molecule has 0 aromatic heterocycles. The van der Waals surface area contributed by atoms with Gasteiger partial charge >= 0.3 is 0 Å². The molecule has 1 atom stereocenters. The van der Waals surface area contributed by atoms with Crippen LogP contribution in [0.25, 0.3) is 0 Å². The highest BCUT2D eigenvalue weighted by molar-refractivity contribution is 6.30. The van der Waals surface area contributed by atoms with Gasteiger partial charge in [0.25, 0.3) is 0 Å². The number of rotatable bonds is 4. The van der Waals surface area contributed by atoms with E-state index in [2.05, 4.69) is 47.5 Å². The van der Waals surface area contributed by atoms with Gasteiger partial charge in [-0.15, -0.1) is 0 Å².